The molecule has 0 saturated carbocycles. The lowest BCUT2D eigenvalue weighted by molar-refractivity contribution is 0.0910. The second kappa shape index (κ2) is 8.41. The van der Waals surface area contributed by atoms with E-state index >= 15 is 0 Å². The summed E-state index contributed by atoms with van der Waals surface area (Å²) in [5.74, 6) is -0.268. The SMILES string of the molecule is CN(C)c1ccc(-c2noc(C(=O)NCCc3ccc(S(N)(=O)=O)cc3)n2)cc1. The predicted octanol–water partition coefficient (Wildman–Crippen LogP) is 1.42. The third kappa shape index (κ3) is 5.18. The van der Waals surface area contributed by atoms with Crippen LogP contribution in [0.25, 0.3) is 11.4 Å². The largest absolute Gasteiger partial charge is 0.378 e. The highest BCUT2D eigenvalue weighted by Crippen LogP contribution is 2.20. The lowest BCUT2D eigenvalue weighted by Crippen LogP contribution is -2.26. The van der Waals surface area contributed by atoms with Gasteiger partial charge in [-0.15, -0.1) is 0 Å². The molecule has 10 heteroatoms. The van der Waals surface area contributed by atoms with Crippen LogP contribution in [0.2, 0.25) is 0 Å². The molecule has 0 aliphatic rings. The van der Waals surface area contributed by atoms with Crippen LogP contribution < -0.4 is 15.4 Å². The molecular formula is C19H21N5O4S. The molecule has 0 aliphatic heterocycles. The Hall–Kier alpha value is -3.24. The Bertz CT molecular complexity index is 1090. The van der Waals surface area contributed by atoms with Gasteiger partial charge in [0.15, 0.2) is 0 Å². The Morgan fingerprint density at radius 3 is 2.34 bits per heavy atom. The molecule has 0 bridgehead atoms. The maximum absolute atomic E-state index is 12.2. The van der Waals surface area contributed by atoms with Crippen LogP contribution in [0.5, 0.6) is 0 Å². The molecule has 0 atom stereocenters. The normalized spacial score (nSPS) is 11.3. The van der Waals surface area contributed by atoms with Crippen molar-refractivity contribution >= 4 is 21.6 Å². The van der Waals surface area contributed by atoms with Crippen LogP contribution in [0.15, 0.2) is 57.9 Å². The summed E-state index contributed by atoms with van der Waals surface area (Å²) < 4.78 is 27.6. The van der Waals surface area contributed by atoms with E-state index in [0.717, 1.165) is 16.8 Å². The second-order valence-electron chi connectivity index (χ2n) is 6.56. The summed E-state index contributed by atoms with van der Waals surface area (Å²) in [6.07, 6.45) is 0.504. The molecule has 0 unspecified atom stereocenters. The van der Waals surface area contributed by atoms with Crippen molar-refractivity contribution in [3.63, 3.8) is 0 Å². The van der Waals surface area contributed by atoms with Crippen LogP contribution in [-0.2, 0) is 16.4 Å². The zero-order chi connectivity index (χ0) is 21.0. The zero-order valence-corrected chi connectivity index (χ0v) is 16.8. The number of sulfonamides is 1. The lowest BCUT2D eigenvalue weighted by atomic mass is 10.1. The van der Waals surface area contributed by atoms with Crippen molar-refractivity contribution in [3.05, 3.63) is 60.0 Å². The Balaban J connectivity index is 1.56. The van der Waals surface area contributed by atoms with Crippen molar-refractivity contribution in [1.29, 1.82) is 0 Å². The smallest absolute Gasteiger partial charge is 0.316 e. The molecule has 152 valence electrons. The highest BCUT2D eigenvalue weighted by atomic mass is 32.2. The number of aromatic nitrogens is 2. The van der Waals surface area contributed by atoms with Gasteiger partial charge in [-0.3, -0.25) is 4.79 Å². The molecule has 0 radical (unpaired) electrons. The summed E-state index contributed by atoms with van der Waals surface area (Å²) in [4.78, 5) is 18.4. The van der Waals surface area contributed by atoms with Crippen LogP contribution in [0.3, 0.4) is 0 Å². The van der Waals surface area contributed by atoms with Crippen molar-refractivity contribution in [2.75, 3.05) is 25.5 Å². The van der Waals surface area contributed by atoms with Crippen LogP contribution >= 0.6 is 0 Å². The molecule has 2 aromatic carbocycles. The third-order valence-electron chi connectivity index (χ3n) is 4.21. The van der Waals surface area contributed by atoms with Crippen LogP contribution in [0, 0.1) is 0 Å². The van der Waals surface area contributed by atoms with Gasteiger partial charge in [0.2, 0.25) is 15.8 Å². The summed E-state index contributed by atoms with van der Waals surface area (Å²) in [6, 6.07) is 13.7. The van der Waals surface area contributed by atoms with E-state index in [9.17, 15) is 13.2 Å². The lowest BCUT2D eigenvalue weighted by Gasteiger charge is -2.11. The van der Waals surface area contributed by atoms with Gasteiger partial charge in [0.05, 0.1) is 4.90 Å². The number of nitrogens with zero attached hydrogens (tertiary/aromatic N) is 3. The zero-order valence-electron chi connectivity index (χ0n) is 16.0. The van der Waals surface area contributed by atoms with Crippen molar-refractivity contribution in [2.45, 2.75) is 11.3 Å². The molecular weight excluding hydrogens is 394 g/mol. The minimum absolute atomic E-state index is 0.0438. The van der Waals surface area contributed by atoms with Crippen molar-refractivity contribution in [1.82, 2.24) is 15.5 Å². The quantitative estimate of drug-likeness (QED) is 0.596. The number of hydrogen-bond donors (Lipinski definition) is 2. The molecule has 9 nitrogen and oxygen atoms in total. The van der Waals surface area contributed by atoms with Gasteiger partial charge in [-0.25, -0.2) is 13.6 Å². The van der Waals surface area contributed by atoms with Crippen molar-refractivity contribution < 1.29 is 17.7 Å². The first kappa shape index (κ1) is 20.5. The maximum Gasteiger partial charge on any atom is 0.316 e. The van der Waals surface area contributed by atoms with Crippen LogP contribution in [0.1, 0.15) is 16.2 Å². The fraction of sp³-hybridized carbons (Fsp3) is 0.211. The highest BCUT2D eigenvalue weighted by Gasteiger charge is 2.16. The Kier molecular flexibility index (Phi) is 5.95. The standard InChI is InChI=1S/C19H21N5O4S/c1-24(2)15-7-5-14(6-8-15)17-22-19(28-23-17)18(25)21-12-11-13-3-9-16(10-4-13)29(20,26)27/h3-10H,11-12H2,1-2H3,(H,21,25)(H2,20,26,27). The van der Waals surface area contributed by atoms with E-state index in [0.29, 0.717) is 18.8 Å². The Morgan fingerprint density at radius 1 is 1.10 bits per heavy atom. The summed E-state index contributed by atoms with van der Waals surface area (Å²) in [5, 5.41) is 11.6. The number of primary sulfonamides is 1. The van der Waals surface area contributed by atoms with E-state index in [1.165, 1.54) is 12.1 Å². The minimum Gasteiger partial charge on any atom is -0.378 e. The summed E-state index contributed by atoms with van der Waals surface area (Å²) in [6.45, 7) is 0.322. The molecule has 29 heavy (non-hydrogen) atoms. The van der Waals surface area contributed by atoms with Crippen LogP contribution in [-0.4, -0.2) is 45.1 Å². The molecule has 3 N–H and O–H groups in total. The number of anilines is 1. The number of carbonyl (C=O) groups is 1. The number of nitrogens with two attached hydrogens (primary N) is 1. The van der Waals surface area contributed by atoms with Crippen molar-refractivity contribution in [3.8, 4) is 11.4 Å². The molecule has 0 saturated heterocycles. The van der Waals surface area contributed by atoms with Gasteiger partial charge in [0.25, 0.3) is 0 Å². The number of carbonyl (C=O) groups excluding carboxylic acids is 1. The number of rotatable bonds is 7. The minimum atomic E-state index is -3.72. The fourth-order valence-electron chi connectivity index (χ4n) is 2.58. The van der Waals surface area contributed by atoms with E-state index in [-0.39, 0.29) is 10.8 Å². The first-order valence-electron chi connectivity index (χ1n) is 8.75. The second-order valence-corrected chi connectivity index (χ2v) is 8.12. The van der Waals surface area contributed by atoms with E-state index in [1.807, 2.05) is 43.3 Å². The maximum atomic E-state index is 12.2. The number of hydrogen-bond acceptors (Lipinski definition) is 7. The van der Waals surface area contributed by atoms with Gasteiger partial charge in [0.1, 0.15) is 0 Å². The topological polar surface area (TPSA) is 131 Å². The van der Waals surface area contributed by atoms with Gasteiger partial charge in [-0.1, -0.05) is 17.3 Å². The first-order valence-corrected chi connectivity index (χ1v) is 10.3. The molecule has 1 aromatic heterocycles. The summed E-state index contributed by atoms with van der Waals surface area (Å²) >= 11 is 0. The highest BCUT2D eigenvalue weighted by molar-refractivity contribution is 7.89. The van der Waals surface area contributed by atoms with E-state index in [4.69, 9.17) is 9.66 Å². The predicted molar refractivity (Wildman–Crippen MR) is 108 cm³/mol. The third-order valence-corrected chi connectivity index (χ3v) is 5.14. The van der Waals surface area contributed by atoms with Gasteiger partial charge in [-0.2, -0.15) is 4.98 Å². The monoisotopic (exact) mass is 415 g/mol. The number of nitrogens with one attached hydrogen (secondary N) is 1. The summed E-state index contributed by atoms with van der Waals surface area (Å²) in [7, 11) is 0.173. The van der Waals surface area contributed by atoms with Crippen LogP contribution in [0.4, 0.5) is 5.69 Å². The molecule has 0 fully saturated rings. The Labute approximate surface area is 168 Å². The molecule has 3 aromatic rings. The molecule has 0 spiro atoms. The van der Waals surface area contributed by atoms with Crippen molar-refractivity contribution in [2.24, 2.45) is 5.14 Å². The first-order chi connectivity index (χ1) is 13.7. The molecule has 1 amide bonds. The molecule has 1 heterocycles. The summed E-state index contributed by atoms with van der Waals surface area (Å²) in [5.41, 5.74) is 2.63. The molecule has 0 aliphatic carbocycles. The average molecular weight is 415 g/mol. The van der Waals surface area contributed by atoms with E-state index < -0.39 is 15.9 Å². The van der Waals surface area contributed by atoms with Gasteiger partial charge in [0, 0.05) is 31.9 Å². The number of benzene rings is 2. The van der Waals surface area contributed by atoms with Gasteiger partial charge in [-0.05, 0) is 48.4 Å². The molecule has 3 rings (SSSR count). The van der Waals surface area contributed by atoms with E-state index in [2.05, 4.69) is 15.5 Å². The number of amides is 1. The van der Waals surface area contributed by atoms with Gasteiger partial charge < -0.3 is 14.7 Å². The van der Waals surface area contributed by atoms with Gasteiger partial charge >= 0.3 is 11.8 Å². The Morgan fingerprint density at radius 2 is 1.76 bits per heavy atom. The fourth-order valence-corrected chi connectivity index (χ4v) is 3.10. The average Bonchev–Trinajstić information content (AvgIpc) is 3.18. The van der Waals surface area contributed by atoms with E-state index in [1.54, 1.807) is 12.1 Å².